The average molecular weight is 320 g/mol. The van der Waals surface area contributed by atoms with Gasteiger partial charge < -0.3 is 5.73 Å². The topological polar surface area (TPSA) is 56.0 Å². The van der Waals surface area contributed by atoms with Gasteiger partial charge in [0.2, 0.25) is 5.91 Å². The minimum Gasteiger partial charge on any atom is -0.366 e. The highest BCUT2D eigenvalue weighted by Gasteiger charge is 2.32. The van der Waals surface area contributed by atoms with Crippen LogP contribution in [0.25, 0.3) is 6.08 Å². The van der Waals surface area contributed by atoms with Gasteiger partial charge >= 0.3 is 6.18 Å². The highest BCUT2D eigenvalue weighted by molar-refractivity contribution is 5.90. The predicted octanol–water partition coefficient (Wildman–Crippen LogP) is 3.38. The lowest BCUT2D eigenvalue weighted by Crippen LogP contribution is -2.11. The second kappa shape index (κ2) is 7.09. The van der Waals surface area contributed by atoms with Crippen molar-refractivity contribution in [3.8, 4) is 0 Å². The maximum Gasteiger partial charge on any atom is 0.433 e. The molecule has 2 aromatic rings. The minimum absolute atomic E-state index is 0.279. The minimum atomic E-state index is -4.51. The Morgan fingerprint density at radius 3 is 2.39 bits per heavy atom. The lowest BCUT2D eigenvalue weighted by atomic mass is 10.0. The first-order valence-electron chi connectivity index (χ1n) is 6.95. The summed E-state index contributed by atoms with van der Waals surface area (Å²) in [6, 6.07) is 11.6. The van der Waals surface area contributed by atoms with E-state index in [1.54, 1.807) is 0 Å². The SMILES string of the molecule is NC(=O)C=Cc1ccc(C(F)(F)F)nc1CCc1ccccc1. The van der Waals surface area contributed by atoms with Gasteiger partial charge in [0.1, 0.15) is 5.69 Å². The van der Waals surface area contributed by atoms with Crippen LogP contribution < -0.4 is 5.73 Å². The molecule has 1 heterocycles. The molecule has 1 amide bonds. The average Bonchev–Trinajstić information content (AvgIpc) is 2.51. The van der Waals surface area contributed by atoms with E-state index in [1.165, 1.54) is 12.1 Å². The Labute approximate surface area is 131 Å². The van der Waals surface area contributed by atoms with E-state index in [0.29, 0.717) is 18.4 Å². The van der Waals surface area contributed by atoms with Gasteiger partial charge in [0.25, 0.3) is 0 Å². The quantitative estimate of drug-likeness (QED) is 0.859. The lowest BCUT2D eigenvalue weighted by Gasteiger charge is -2.11. The summed E-state index contributed by atoms with van der Waals surface area (Å²) in [6.45, 7) is 0. The van der Waals surface area contributed by atoms with Gasteiger partial charge in [-0.15, -0.1) is 0 Å². The number of halogens is 3. The molecule has 0 bridgehead atoms. The number of nitrogens with zero attached hydrogens (tertiary/aromatic N) is 1. The van der Waals surface area contributed by atoms with Crippen LogP contribution in [0.1, 0.15) is 22.5 Å². The van der Waals surface area contributed by atoms with E-state index >= 15 is 0 Å². The number of nitrogens with two attached hydrogens (primary N) is 1. The summed E-state index contributed by atoms with van der Waals surface area (Å²) in [4.78, 5) is 14.5. The Morgan fingerprint density at radius 1 is 1.09 bits per heavy atom. The summed E-state index contributed by atoms with van der Waals surface area (Å²) in [6.07, 6.45) is -1.14. The van der Waals surface area contributed by atoms with E-state index in [9.17, 15) is 18.0 Å². The fraction of sp³-hybridized carbons (Fsp3) is 0.176. The summed E-state index contributed by atoms with van der Waals surface area (Å²) in [5.41, 5.74) is 5.81. The molecule has 0 aliphatic heterocycles. The number of pyridine rings is 1. The van der Waals surface area contributed by atoms with E-state index in [1.807, 2.05) is 30.3 Å². The maximum absolute atomic E-state index is 12.8. The largest absolute Gasteiger partial charge is 0.433 e. The van der Waals surface area contributed by atoms with Crippen LogP contribution in [0.2, 0.25) is 0 Å². The van der Waals surface area contributed by atoms with Crippen molar-refractivity contribution in [3.63, 3.8) is 0 Å². The molecule has 23 heavy (non-hydrogen) atoms. The monoisotopic (exact) mass is 320 g/mol. The Kier molecular flexibility index (Phi) is 5.16. The molecule has 0 saturated heterocycles. The molecule has 2 N–H and O–H groups in total. The van der Waals surface area contributed by atoms with Crippen molar-refractivity contribution in [3.05, 3.63) is 71.1 Å². The second-order valence-corrected chi connectivity index (χ2v) is 4.95. The Bertz CT molecular complexity index is 710. The molecule has 0 radical (unpaired) electrons. The molecule has 0 aliphatic rings. The number of primary amides is 1. The first-order valence-corrected chi connectivity index (χ1v) is 6.95. The van der Waals surface area contributed by atoms with Crippen molar-refractivity contribution in [2.24, 2.45) is 5.73 Å². The van der Waals surface area contributed by atoms with Crippen molar-refractivity contribution in [2.45, 2.75) is 19.0 Å². The van der Waals surface area contributed by atoms with Gasteiger partial charge in [-0.1, -0.05) is 36.4 Å². The fourth-order valence-electron chi connectivity index (χ4n) is 2.10. The number of amides is 1. The maximum atomic E-state index is 12.8. The molecule has 0 aliphatic carbocycles. The van der Waals surface area contributed by atoms with Crippen LogP contribution in [0.15, 0.2) is 48.5 Å². The molecule has 3 nitrogen and oxygen atoms in total. The summed E-state index contributed by atoms with van der Waals surface area (Å²) in [5, 5.41) is 0. The summed E-state index contributed by atoms with van der Waals surface area (Å²) < 4.78 is 38.5. The van der Waals surface area contributed by atoms with Crippen LogP contribution >= 0.6 is 0 Å². The number of hydrogen-bond donors (Lipinski definition) is 1. The molecule has 6 heteroatoms. The van der Waals surface area contributed by atoms with Crippen LogP contribution in [-0.4, -0.2) is 10.9 Å². The fourth-order valence-corrected chi connectivity index (χ4v) is 2.10. The molecule has 0 spiro atoms. The summed E-state index contributed by atoms with van der Waals surface area (Å²) in [7, 11) is 0. The molecule has 120 valence electrons. The standard InChI is InChI=1S/C17H15F3N2O/c18-17(19,20)15-10-7-13(8-11-16(21)23)14(22-15)9-6-12-4-2-1-3-5-12/h1-5,7-8,10-11H,6,9H2,(H2,21,23). The predicted molar refractivity (Wildman–Crippen MR) is 81.3 cm³/mol. The third-order valence-electron chi connectivity index (χ3n) is 3.22. The number of hydrogen-bond acceptors (Lipinski definition) is 2. The molecule has 0 saturated carbocycles. The van der Waals surface area contributed by atoms with Gasteiger partial charge in [-0.05, 0) is 36.1 Å². The zero-order valence-corrected chi connectivity index (χ0v) is 12.2. The smallest absolute Gasteiger partial charge is 0.366 e. The van der Waals surface area contributed by atoms with Crippen molar-refractivity contribution >= 4 is 12.0 Å². The zero-order chi connectivity index (χ0) is 16.9. The third-order valence-corrected chi connectivity index (χ3v) is 3.22. The van der Waals surface area contributed by atoms with E-state index in [0.717, 1.165) is 17.7 Å². The zero-order valence-electron chi connectivity index (χ0n) is 12.2. The van der Waals surface area contributed by atoms with Crippen molar-refractivity contribution in [1.82, 2.24) is 4.98 Å². The number of rotatable bonds is 5. The van der Waals surface area contributed by atoms with Gasteiger partial charge in [0.05, 0.1) is 0 Å². The number of aryl methyl sites for hydroxylation is 2. The third kappa shape index (κ3) is 4.95. The highest BCUT2D eigenvalue weighted by atomic mass is 19.4. The van der Waals surface area contributed by atoms with Crippen LogP contribution in [0.3, 0.4) is 0 Å². The number of carbonyl (C=O) groups excluding carboxylic acids is 1. The molecular formula is C17H15F3N2O. The Morgan fingerprint density at radius 2 is 1.78 bits per heavy atom. The first kappa shape index (κ1) is 16.7. The van der Waals surface area contributed by atoms with Gasteiger partial charge in [-0.25, -0.2) is 4.98 Å². The van der Waals surface area contributed by atoms with Crippen LogP contribution in [-0.2, 0) is 23.8 Å². The molecule has 0 unspecified atom stereocenters. The molecule has 1 aromatic heterocycles. The van der Waals surface area contributed by atoms with Crippen molar-refractivity contribution < 1.29 is 18.0 Å². The molecule has 1 aromatic carbocycles. The van der Waals surface area contributed by atoms with Crippen molar-refractivity contribution in [2.75, 3.05) is 0 Å². The van der Waals surface area contributed by atoms with Crippen LogP contribution in [0, 0.1) is 0 Å². The van der Waals surface area contributed by atoms with E-state index in [2.05, 4.69) is 4.98 Å². The molecule has 0 fully saturated rings. The number of alkyl halides is 3. The molecule has 0 atom stereocenters. The van der Waals surface area contributed by atoms with Crippen LogP contribution in [0.5, 0.6) is 0 Å². The normalized spacial score (nSPS) is 11.8. The molecule has 2 rings (SSSR count). The number of carbonyl (C=O) groups is 1. The Balaban J connectivity index is 2.30. The number of aromatic nitrogens is 1. The van der Waals surface area contributed by atoms with E-state index in [4.69, 9.17) is 5.73 Å². The Hall–Kier alpha value is -2.63. The van der Waals surface area contributed by atoms with Gasteiger partial charge in [-0.3, -0.25) is 4.79 Å². The summed E-state index contributed by atoms with van der Waals surface area (Å²) >= 11 is 0. The van der Waals surface area contributed by atoms with Crippen LogP contribution in [0.4, 0.5) is 13.2 Å². The van der Waals surface area contributed by atoms with Gasteiger partial charge in [0.15, 0.2) is 0 Å². The van der Waals surface area contributed by atoms with E-state index < -0.39 is 17.8 Å². The second-order valence-electron chi connectivity index (χ2n) is 4.95. The highest BCUT2D eigenvalue weighted by Crippen LogP contribution is 2.28. The van der Waals surface area contributed by atoms with E-state index in [-0.39, 0.29) is 5.69 Å². The van der Waals surface area contributed by atoms with Gasteiger partial charge in [-0.2, -0.15) is 13.2 Å². The number of benzene rings is 1. The van der Waals surface area contributed by atoms with Gasteiger partial charge in [0, 0.05) is 11.8 Å². The lowest BCUT2D eigenvalue weighted by molar-refractivity contribution is -0.141. The first-order chi connectivity index (χ1) is 10.9. The molecular weight excluding hydrogens is 305 g/mol. The summed E-state index contributed by atoms with van der Waals surface area (Å²) in [5.74, 6) is -0.668. The van der Waals surface area contributed by atoms with Crippen molar-refractivity contribution in [1.29, 1.82) is 0 Å².